The first kappa shape index (κ1) is 28.0. The van der Waals surface area contributed by atoms with Crippen LogP contribution in [0.3, 0.4) is 0 Å². The van der Waals surface area contributed by atoms with Crippen molar-refractivity contribution in [2.45, 2.75) is 0 Å². The number of fused-ring (bicyclic) bond motifs is 10. The van der Waals surface area contributed by atoms with Gasteiger partial charge in [-0.1, -0.05) is 127 Å². The molecule has 3 aromatic heterocycles. The minimum absolute atomic E-state index is 1.15. The quantitative estimate of drug-likeness (QED) is 0.180. The van der Waals surface area contributed by atoms with Gasteiger partial charge in [0.05, 0.1) is 38.8 Å². The van der Waals surface area contributed by atoms with Crippen LogP contribution in [0.1, 0.15) is 0 Å². The van der Waals surface area contributed by atoms with E-state index in [0.29, 0.717) is 0 Å². The summed E-state index contributed by atoms with van der Waals surface area (Å²) >= 11 is 0. The maximum atomic E-state index is 2.47. The van der Waals surface area contributed by atoms with Crippen LogP contribution in [-0.4, -0.2) is 13.7 Å². The molecule has 0 atom stereocenters. The highest BCUT2D eigenvalue weighted by Gasteiger charge is 2.22. The molecule has 3 nitrogen and oxygen atoms in total. The fourth-order valence-electron chi connectivity index (χ4n) is 8.54. The minimum atomic E-state index is 1.15. The predicted molar refractivity (Wildman–Crippen MR) is 215 cm³/mol. The summed E-state index contributed by atoms with van der Waals surface area (Å²) in [5.41, 5.74) is 13.1. The molecule has 0 aliphatic rings. The van der Waals surface area contributed by atoms with Crippen LogP contribution in [0.2, 0.25) is 0 Å². The first-order valence-corrected chi connectivity index (χ1v) is 17.5. The van der Waals surface area contributed by atoms with Crippen LogP contribution >= 0.6 is 0 Å². The molecule has 11 aromatic rings. The molecular weight excluding hydrogens is 619 g/mol. The van der Waals surface area contributed by atoms with E-state index < -0.39 is 0 Å². The molecule has 3 heteroatoms. The molecular formula is C48H31N3. The summed E-state index contributed by atoms with van der Waals surface area (Å²) in [5, 5.41) is 7.56. The summed E-state index contributed by atoms with van der Waals surface area (Å²) in [4.78, 5) is 0. The molecule has 0 N–H and O–H groups in total. The first-order chi connectivity index (χ1) is 25.3. The van der Waals surface area contributed by atoms with Gasteiger partial charge in [-0.05, 0) is 66.2 Å². The van der Waals surface area contributed by atoms with Gasteiger partial charge in [-0.25, -0.2) is 0 Å². The van der Waals surface area contributed by atoms with Gasteiger partial charge in [0.15, 0.2) is 0 Å². The Hall–Kier alpha value is -6.84. The van der Waals surface area contributed by atoms with Crippen LogP contribution in [0.4, 0.5) is 0 Å². The molecule has 0 saturated carbocycles. The summed E-state index contributed by atoms with van der Waals surface area (Å²) < 4.78 is 7.32. The van der Waals surface area contributed by atoms with E-state index in [1.807, 2.05) is 0 Å². The van der Waals surface area contributed by atoms with Crippen molar-refractivity contribution in [3.63, 3.8) is 0 Å². The van der Waals surface area contributed by atoms with Gasteiger partial charge in [0.2, 0.25) is 0 Å². The average molecular weight is 650 g/mol. The van der Waals surface area contributed by atoms with E-state index in [0.717, 1.165) is 17.1 Å². The van der Waals surface area contributed by atoms with E-state index in [-0.39, 0.29) is 0 Å². The molecule has 0 amide bonds. The van der Waals surface area contributed by atoms with Gasteiger partial charge in [0.25, 0.3) is 0 Å². The van der Waals surface area contributed by atoms with Crippen LogP contribution in [0.25, 0.3) is 93.6 Å². The van der Waals surface area contributed by atoms with Gasteiger partial charge in [-0.3, -0.25) is 0 Å². The molecule has 0 saturated heterocycles. The highest BCUT2D eigenvalue weighted by atomic mass is 15.0. The molecule has 0 bridgehead atoms. The van der Waals surface area contributed by atoms with Crippen molar-refractivity contribution in [3.8, 4) is 28.2 Å². The zero-order valence-electron chi connectivity index (χ0n) is 27.7. The number of benzene rings is 8. The fourth-order valence-corrected chi connectivity index (χ4v) is 8.54. The van der Waals surface area contributed by atoms with Gasteiger partial charge >= 0.3 is 0 Å². The van der Waals surface area contributed by atoms with Gasteiger partial charge in [0.1, 0.15) is 0 Å². The topological polar surface area (TPSA) is 14.8 Å². The van der Waals surface area contributed by atoms with Crippen molar-refractivity contribution < 1.29 is 0 Å². The van der Waals surface area contributed by atoms with E-state index in [9.17, 15) is 0 Å². The SMILES string of the molecule is c1ccc(-n2c3ccccc3c3ccc4c(c5ccccc5n4-c4ccccc4-c4cccc(-n5c6ccccc6c6ccccc65)c4)c32)cc1. The summed E-state index contributed by atoms with van der Waals surface area (Å²) in [7, 11) is 0. The zero-order valence-corrected chi connectivity index (χ0v) is 27.7. The molecule has 3 heterocycles. The van der Waals surface area contributed by atoms with E-state index in [1.54, 1.807) is 0 Å². The third-order valence-corrected chi connectivity index (χ3v) is 10.6. The van der Waals surface area contributed by atoms with Crippen molar-refractivity contribution in [1.82, 2.24) is 13.7 Å². The van der Waals surface area contributed by atoms with Crippen LogP contribution in [0.5, 0.6) is 0 Å². The lowest BCUT2D eigenvalue weighted by Crippen LogP contribution is -1.98. The summed E-state index contributed by atoms with van der Waals surface area (Å²) in [6.07, 6.45) is 0. The smallest absolute Gasteiger partial charge is 0.0641 e. The van der Waals surface area contributed by atoms with Crippen molar-refractivity contribution >= 4 is 65.4 Å². The molecule has 0 aliphatic carbocycles. The third-order valence-electron chi connectivity index (χ3n) is 10.6. The van der Waals surface area contributed by atoms with Gasteiger partial charge in [-0.15, -0.1) is 0 Å². The number of rotatable bonds is 4. The Balaban J connectivity index is 1.20. The van der Waals surface area contributed by atoms with Crippen molar-refractivity contribution in [3.05, 3.63) is 188 Å². The normalized spacial score (nSPS) is 11.9. The first-order valence-electron chi connectivity index (χ1n) is 17.5. The lowest BCUT2D eigenvalue weighted by molar-refractivity contribution is 1.17. The number of aromatic nitrogens is 3. The molecule has 51 heavy (non-hydrogen) atoms. The van der Waals surface area contributed by atoms with Crippen LogP contribution in [-0.2, 0) is 0 Å². The van der Waals surface area contributed by atoms with Crippen molar-refractivity contribution in [1.29, 1.82) is 0 Å². The molecule has 11 rings (SSSR count). The van der Waals surface area contributed by atoms with Crippen LogP contribution < -0.4 is 0 Å². The maximum absolute atomic E-state index is 2.47. The zero-order chi connectivity index (χ0) is 33.5. The largest absolute Gasteiger partial charge is 0.309 e. The molecule has 8 aromatic carbocycles. The molecule has 238 valence electrons. The Kier molecular flexibility index (Phi) is 5.96. The fraction of sp³-hybridized carbons (Fsp3) is 0. The Morgan fingerprint density at radius 2 is 0.824 bits per heavy atom. The van der Waals surface area contributed by atoms with Gasteiger partial charge in [-0.2, -0.15) is 0 Å². The number of para-hydroxylation sites is 6. The Morgan fingerprint density at radius 3 is 1.53 bits per heavy atom. The summed E-state index contributed by atoms with van der Waals surface area (Å²) in [6.45, 7) is 0. The second-order valence-corrected chi connectivity index (χ2v) is 13.3. The molecule has 0 fully saturated rings. The van der Waals surface area contributed by atoms with Crippen LogP contribution in [0, 0.1) is 0 Å². The number of hydrogen-bond donors (Lipinski definition) is 0. The van der Waals surface area contributed by atoms with E-state index >= 15 is 0 Å². The molecule has 0 spiro atoms. The van der Waals surface area contributed by atoms with Crippen molar-refractivity contribution in [2.24, 2.45) is 0 Å². The summed E-state index contributed by atoms with van der Waals surface area (Å²) in [6, 6.07) is 68.4. The maximum Gasteiger partial charge on any atom is 0.0641 e. The monoisotopic (exact) mass is 649 g/mol. The molecule has 0 unspecified atom stereocenters. The summed E-state index contributed by atoms with van der Waals surface area (Å²) in [5.74, 6) is 0. The lowest BCUT2D eigenvalue weighted by Gasteiger charge is -2.16. The Morgan fingerprint density at radius 1 is 0.294 bits per heavy atom. The predicted octanol–water partition coefficient (Wildman–Crippen LogP) is 12.6. The Bertz CT molecular complexity index is 3080. The van der Waals surface area contributed by atoms with E-state index in [4.69, 9.17) is 0 Å². The minimum Gasteiger partial charge on any atom is -0.309 e. The highest BCUT2D eigenvalue weighted by Crippen LogP contribution is 2.43. The standard InChI is InChI=1S/C48H31N3/c1-2-16-33(17-3-1)50-44-27-12-7-22-38(44)39-29-30-46-47(48(39)50)40-23-8-13-28-45(40)51(46)41-24-9-4-19-35(41)32-15-14-18-34(31-32)49-42-25-10-5-20-36(42)37-21-6-11-26-43(37)49/h1-31H. The molecule has 0 aliphatic heterocycles. The molecule has 0 radical (unpaired) electrons. The number of hydrogen-bond acceptors (Lipinski definition) is 0. The third kappa shape index (κ3) is 4.00. The second kappa shape index (κ2) is 10.8. The van der Waals surface area contributed by atoms with Crippen molar-refractivity contribution in [2.75, 3.05) is 0 Å². The van der Waals surface area contributed by atoms with Gasteiger partial charge < -0.3 is 13.7 Å². The average Bonchev–Trinajstić information content (AvgIpc) is 3.84. The van der Waals surface area contributed by atoms with E-state index in [2.05, 4.69) is 202 Å². The lowest BCUT2D eigenvalue weighted by atomic mass is 10.0. The second-order valence-electron chi connectivity index (χ2n) is 13.3. The van der Waals surface area contributed by atoms with E-state index in [1.165, 1.54) is 76.5 Å². The van der Waals surface area contributed by atoms with Crippen LogP contribution in [0.15, 0.2) is 188 Å². The number of nitrogens with zero attached hydrogens (tertiary/aromatic N) is 3. The Labute approximate surface area is 294 Å². The van der Waals surface area contributed by atoms with Gasteiger partial charge in [0, 0.05) is 49.3 Å². The highest BCUT2D eigenvalue weighted by molar-refractivity contribution is 6.26.